The van der Waals surface area contributed by atoms with Crippen molar-refractivity contribution in [1.82, 2.24) is 0 Å². The van der Waals surface area contributed by atoms with E-state index in [1.807, 2.05) is 19.9 Å². The van der Waals surface area contributed by atoms with Crippen molar-refractivity contribution in [1.29, 1.82) is 5.26 Å². The van der Waals surface area contributed by atoms with E-state index in [0.29, 0.717) is 12.0 Å². The molecule has 0 saturated heterocycles. The Balaban J connectivity index is 2.87. The number of hydrogen-bond donors (Lipinski definition) is 0. The summed E-state index contributed by atoms with van der Waals surface area (Å²) in [5.41, 5.74) is 0.390. The third kappa shape index (κ3) is 1.68. The minimum absolute atomic E-state index is 0.0104. The summed E-state index contributed by atoms with van der Waals surface area (Å²) in [4.78, 5) is 11.2. The molecule has 2 heteroatoms. The highest BCUT2D eigenvalue weighted by Gasteiger charge is 2.27. The first kappa shape index (κ1) is 8.00. The monoisotopic (exact) mass is 149 g/mol. The van der Waals surface area contributed by atoms with Gasteiger partial charge in [0.05, 0.1) is 5.57 Å². The summed E-state index contributed by atoms with van der Waals surface area (Å²) >= 11 is 0. The first-order chi connectivity index (χ1) is 5.05. The largest absolute Gasteiger partial charge is 0.293 e. The maximum Gasteiger partial charge on any atom is 0.173 e. The van der Waals surface area contributed by atoms with Crippen molar-refractivity contribution >= 4 is 5.78 Å². The van der Waals surface area contributed by atoms with Crippen molar-refractivity contribution in [3.63, 3.8) is 0 Å². The fraction of sp³-hybridized carbons (Fsp3) is 0.556. The van der Waals surface area contributed by atoms with Gasteiger partial charge in [-0.25, -0.2) is 0 Å². The minimum Gasteiger partial charge on any atom is -0.293 e. The highest BCUT2D eigenvalue weighted by Crippen LogP contribution is 2.31. The SMILES string of the molecule is CC1(C)CC=C(C#N)C(=O)C1. The van der Waals surface area contributed by atoms with Gasteiger partial charge in [-0.3, -0.25) is 4.79 Å². The molecule has 0 unspecified atom stereocenters. The van der Waals surface area contributed by atoms with Crippen molar-refractivity contribution in [2.75, 3.05) is 0 Å². The summed E-state index contributed by atoms with van der Waals surface area (Å²) in [7, 11) is 0. The molecule has 0 aromatic heterocycles. The molecular weight excluding hydrogens is 138 g/mol. The Morgan fingerprint density at radius 2 is 2.27 bits per heavy atom. The fourth-order valence-corrected chi connectivity index (χ4v) is 1.20. The molecule has 0 spiro atoms. The van der Waals surface area contributed by atoms with Crippen LogP contribution >= 0.6 is 0 Å². The van der Waals surface area contributed by atoms with Gasteiger partial charge in [0.1, 0.15) is 6.07 Å². The van der Waals surface area contributed by atoms with Gasteiger partial charge in [-0.05, 0) is 11.8 Å². The molecule has 0 N–H and O–H groups in total. The van der Waals surface area contributed by atoms with Crippen molar-refractivity contribution in [2.24, 2.45) is 5.41 Å². The third-order valence-corrected chi connectivity index (χ3v) is 1.92. The van der Waals surface area contributed by atoms with E-state index >= 15 is 0 Å². The predicted octanol–water partition coefficient (Wildman–Crippen LogP) is 1.83. The van der Waals surface area contributed by atoms with E-state index in [0.717, 1.165) is 6.42 Å². The van der Waals surface area contributed by atoms with E-state index in [-0.39, 0.29) is 11.2 Å². The molecule has 0 fully saturated rings. The van der Waals surface area contributed by atoms with Gasteiger partial charge in [-0.2, -0.15) is 5.26 Å². The molecule has 1 aliphatic rings. The number of nitriles is 1. The van der Waals surface area contributed by atoms with Crippen LogP contribution in [0.1, 0.15) is 26.7 Å². The number of ketones is 1. The first-order valence-electron chi connectivity index (χ1n) is 3.69. The number of nitrogens with zero attached hydrogens (tertiary/aromatic N) is 1. The minimum atomic E-state index is -0.0104. The molecule has 0 radical (unpaired) electrons. The van der Waals surface area contributed by atoms with E-state index in [4.69, 9.17) is 5.26 Å². The number of allylic oxidation sites excluding steroid dienone is 2. The van der Waals surface area contributed by atoms with Gasteiger partial charge in [0.15, 0.2) is 5.78 Å². The Bertz CT molecular complexity index is 255. The molecule has 1 aliphatic carbocycles. The standard InChI is InChI=1S/C9H11NO/c1-9(2)4-3-7(6-10)8(11)5-9/h3H,4-5H2,1-2H3. The smallest absolute Gasteiger partial charge is 0.173 e. The van der Waals surface area contributed by atoms with Gasteiger partial charge < -0.3 is 0 Å². The summed E-state index contributed by atoms with van der Waals surface area (Å²) in [5.74, 6) is -0.0104. The summed E-state index contributed by atoms with van der Waals surface area (Å²) in [6, 6.07) is 1.90. The Hall–Kier alpha value is -1.10. The van der Waals surface area contributed by atoms with E-state index in [2.05, 4.69) is 0 Å². The van der Waals surface area contributed by atoms with Crippen LogP contribution in [0.5, 0.6) is 0 Å². The van der Waals surface area contributed by atoms with Crippen LogP contribution in [0.25, 0.3) is 0 Å². The molecule has 0 saturated carbocycles. The topological polar surface area (TPSA) is 40.9 Å². The van der Waals surface area contributed by atoms with Crippen molar-refractivity contribution in [3.05, 3.63) is 11.6 Å². The molecular formula is C9H11NO. The van der Waals surface area contributed by atoms with E-state index in [1.165, 1.54) is 0 Å². The van der Waals surface area contributed by atoms with Crippen LogP contribution in [0.3, 0.4) is 0 Å². The molecule has 0 aromatic carbocycles. The lowest BCUT2D eigenvalue weighted by molar-refractivity contribution is -0.117. The highest BCUT2D eigenvalue weighted by molar-refractivity contribution is 6.00. The fourth-order valence-electron chi connectivity index (χ4n) is 1.20. The van der Waals surface area contributed by atoms with Crippen LogP contribution in [0.4, 0.5) is 0 Å². The second kappa shape index (κ2) is 2.50. The maximum atomic E-state index is 11.2. The van der Waals surface area contributed by atoms with E-state index in [1.54, 1.807) is 6.08 Å². The molecule has 1 rings (SSSR count). The molecule has 2 nitrogen and oxygen atoms in total. The molecule has 0 bridgehead atoms. The van der Waals surface area contributed by atoms with Crippen LogP contribution < -0.4 is 0 Å². The second-order valence-electron chi connectivity index (χ2n) is 3.70. The van der Waals surface area contributed by atoms with Gasteiger partial charge >= 0.3 is 0 Å². The molecule has 0 aliphatic heterocycles. The normalized spacial score (nSPS) is 22.3. The molecule has 58 valence electrons. The zero-order valence-electron chi connectivity index (χ0n) is 6.85. The van der Waals surface area contributed by atoms with Crippen LogP contribution in [-0.2, 0) is 4.79 Å². The van der Waals surface area contributed by atoms with Crippen LogP contribution in [0, 0.1) is 16.7 Å². The van der Waals surface area contributed by atoms with Crippen molar-refractivity contribution in [3.8, 4) is 6.07 Å². The Morgan fingerprint density at radius 3 is 2.73 bits per heavy atom. The second-order valence-corrected chi connectivity index (χ2v) is 3.70. The molecule has 0 aromatic rings. The molecule has 0 heterocycles. The quantitative estimate of drug-likeness (QED) is 0.527. The lowest BCUT2D eigenvalue weighted by Gasteiger charge is -2.25. The summed E-state index contributed by atoms with van der Waals surface area (Å²) < 4.78 is 0. The van der Waals surface area contributed by atoms with Gasteiger partial charge in [-0.15, -0.1) is 0 Å². The van der Waals surface area contributed by atoms with Crippen LogP contribution in [0.15, 0.2) is 11.6 Å². The average molecular weight is 149 g/mol. The lowest BCUT2D eigenvalue weighted by atomic mass is 9.78. The summed E-state index contributed by atoms with van der Waals surface area (Å²) in [6.07, 6.45) is 3.08. The van der Waals surface area contributed by atoms with E-state index < -0.39 is 0 Å². The van der Waals surface area contributed by atoms with Crippen molar-refractivity contribution < 1.29 is 4.79 Å². The number of Topliss-reactive ketones (excluding diaryl/α,β-unsaturated/α-hetero) is 1. The number of carbonyl (C=O) groups excluding carboxylic acids is 1. The average Bonchev–Trinajstić information content (AvgIpc) is 1.86. The Morgan fingerprint density at radius 1 is 1.64 bits per heavy atom. The predicted molar refractivity (Wildman–Crippen MR) is 41.7 cm³/mol. The number of carbonyl (C=O) groups is 1. The molecule has 0 amide bonds. The van der Waals surface area contributed by atoms with Gasteiger partial charge in [0.25, 0.3) is 0 Å². The maximum absolute atomic E-state index is 11.2. The molecule has 0 atom stereocenters. The highest BCUT2D eigenvalue weighted by atomic mass is 16.1. The number of hydrogen-bond acceptors (Lipinski definition) is 2. The van der Waals surface area contributed by atoms with Gasteiger partial charge in [0, 0.05) is 6.42 Å². The number of rotatable bonds is 0. The zero-order valence-corrected chi connectivity index (χ0v) is 6.85. The molecule has 11 heavy (non-hydrogen) atoms. The van der Waals surface area contributed by atoms with Crippen LogP contribution in [-0.4, -0.2) is 5.78 Å². The lowest BCUT2D eigenvalue weighted by Crippen LogP contribution is -2.21. The van der Waals surface area contributed by atoms with E-state index in [9.17, 15) is 4.79 Å². The first-order valence-corrected chi connectivity index (χ1v) is 3.69. The summed E-state index contributed by atoms with van der Waals surface area (Å²) in [5, 5.41) is 8.49. The van der Waals surface area contributed by atoms with Gasteiger partial charge in [-0.1, -0.05) is 19.9 Å². The third-order valence-electron chi connectivity index (χ3n) is 1.92. The Kier molecular flexibility index (Phi) is 1.82. The van der Waals surface area contributed by atoms with Gasteiger partial charge in [0.2, 0.25) is 0 Å². The zero-order chi connectivity index (χ0) is 8.48. The Labute approximate surface area is 66.5 Å². The van der Waals surface area contributed by atoms with Crippen molar-refractivity contribution in [2.45, 2.75) is 26.7 Å². The van der Waals surface area contributed by atoms with Crippen LogP contribution in [0.2, 0.25) is 0 Å². The summed E-state index contributed by atoms with van der Waals surface area (Å²) in [6.45, 7) is 4.07.